The van der Waals surface area contributed by atoms with Crippen LogP contribution in [0.5, 0.6) is 0 Å². The lowest BCUT2D eigenvalue weighted by Crippen LogP contribution is -2.43. The molecule has 0 fully saturated rings. The maximum absolute atomic E-state index is 2.41. The average molecular weight is 194 g/mol. The Balaban J connectivity index is 3.34. The van der Waals surface area contributed by atoms with Crippen LogP contribution < -0.4 is 0 Å². The molecule has 1 aliphatic carbocycles. The van der Waals surface area contributed by atoms with Crippen molar-refractivity contribution in [1.82, 2.24) is 0 Å². The second-order valence-electron chi connectivity index (χ2n) is 6.82. The zero-order valence-electron chi connectivity index (χ0n) is 11.2. The summed E-state index contributed by atoms with van der Waals surface area (Å²) in [4.78, 5) is 0. The molecule has 0 nitrogen and oxygen atoms in total. The van der Waals surface area contributed by atoms with Crippen molar-refractivity contribution in [2.24, 2.45) is 16.2 Å². The zero-order valence-corrected chi connectivity index (χ0v) is 11.2. The molecule has 0 heterocycles. The first-order valence-electron chi connectivity index (χ1n) is 5.71. The van der Waals surface area contributed by atoms with Crippen LogP contribution in [0.15, 0.2) is 11.1 Å². The normalized spacial score (nSPS) is 29.1. The second-order valence-corrected chi connectivity index (χ2v) is 6.82. The summed E-state index contributed by atoms with van der Waals surface area (Å²) < 4.78 is 0. The Kier molecular flexibility index (Phi) is 2.42. The molecule has 1 rings (SSSR count). The third-order valence-corrected chi connectivity index (χ3v) is 5.09. The summed E-state index contributed by atoms with van der Waals surface area (Å²) in [5.41, 5.74) is 4.32. The van der Waals surface area contributed by atoms with Crippen LogP contribution in [-0.2, 0) is 0 Å². The molecule has 0 aromatic carbocycles. The SMILES string of the molecule is CC1=C(C)C(C)(C)C(C)(C)CC1(C)C. The molecule has 0 saturated heterocycles. The smallest absolute Gasteiger partial charge is 0.00932 e. The van der Waals surface area contributed by atoms with E-state index in [4.69, 9.17) is 0 Å². The van der Waals surface area contributed by atoms with E-state index < -0.39 is 0 Å². The molecular formula is C14H26. The Hall–Kier alpha value is -0.260. The third kappa shape index (κ3) is 1.43. The van der Waals surface area contributed by atoms with Gasteiger partial charge >= 0.3 is 0 Å². The Labute approximate surface area is 89.8 Å². The first-order valence-corrected chi connectivity index (χ1v) is 5.71. The molecule has 82 valence electrons. The maximum atomic E-state index is 2.41. The topological polar surface area (TPSA) is 0 Å². The summed E-state index contributed by atoms with van der Waals surface area (Å²) in [6.45, 7) is 19.0. The molecule has 0 radical (unpaired) electrons. The molecule has 0 saturated carbocycles. The van der Waals surface area contributed by atoms with Gasteiger partial charge in [0.2, 0.25) is 0 Å². The predicted octanol–water partition coefficient (Wildman–Crippen LogP) is 4.81. The molecular weight excluding hydrogens is 168 g/mol. The van der Waals surface area contributed by atoms with E-state index >= 15 is 0 Å². The molecule has 0 atom stereocenters. The van der Waals surface area contributed by atoms with E-state index in [2.05, 4.69) is 55.4 Å². The van der Waals surface area contributed by atoms with Gasteiger partial charge in [0.1, 0.15) is 0 Å². The van der Waals surface area contributed by atoms with Crippen molar-refractivity contribution in [2.45, 2.75) is 61.8 Å². The van der Waals surface area contributed by atoms with Crippen LogP contribution in [0, 0.1) is 16.2 Å². The summed E-state index contributed by atoms with van der Waals surface area (Å²) in [5.74, 6) is 0. The first kappa shape index (κ1) is 11.8. The van der Waals surface area contributed by atoms with Crippen molar-refractivity contribution in [1.29, 1.82) is 0 Å². The van der Waals surface area contributed by atoms with Gasteiger partial charge in [0.15, 0.2) is 0 Å². The number of rotatable bonds is 0. The minimum atomic E-state index is 0.340. The Morgan fingerprint density at radius 3 is 1.64 bits per heavy atom. The fraction of sp³-hybridized carbons (Fsp3) is 0.857. The monoisotopic (exact) mass is 194 g/mol. The Bertz CT molecular complexity index is 274. The van der Waals surface area contributed by atoms with Crippen LogP contribution >= 0.6 is 0 Å². The highest BCUT2D eigenvalue weighted by molar-refractivity contribution is 5.29. The molecule has 0 N–H and O–H groups in total. The molecule has 0 unspecified atom stereocenters. The molecule has 14 heavy (non-hydrogen) atoms. The standard InChI is InChI=1S/C14H26/c1-10-11(2)14(7,8)13(5,6)9-12(10,3)4/h9H2,1-8H3. The minimum Gasteiger partial charge on any atom is -0.0682 e. The van der Waals surface area contributed by atoms with E-state index in [-0.39, 0.29) is 0 Å². The van der Waals surface area contributed by atoms with Gasteiger partial charge in [0, 0.05) is 0 Å². The molecule has 0 aliphatic heterocycles. The van der Waals surface area contributed by atoms with Gasteiger partial charge in [-0.3, -0.25) is 0 Å². The lowest BCUT2D eigenvalue weighted by atomic mass is 9.52. The highest BCUT2D eigenvalue weighted by atomic mass is 14.5. The number of hydrogen-bond donors (Lipinski definition) is 0. The van der Waals surface area contributed by atoms with Crippen molar-refractivity contribution in [3.8, 4) is 0 Å². The summed E-state index contributed by atoms with van der Waals surface area (Å²) in [6.07, 6.45) is 1.29. The van der Waals surface area contributed by atoms with Gasteiger partial charge in [-0.25, -0.2) is 0 Å². The largest absolute Gasteiger partial charge is 0.0682 e. The maximum Gasteiger partial charge on any atom is -0.00932 e. The molecule has 0 spiro atoms. The quantitative estimate of drug-likeness (QED) is 0.486. The van der Waals surface area contributed by atoms with Crippen LogP contribution in [0.1, 0.15) is 61.8 Å². The molecule has 0 bridgehead atoms. The molecule has 0 amide bonds. The first-order chi connectivity index (χ1) is 6.02. The lowest BCUT2D eigenvalue weighted by Gasteiger charge is -2.53. The van der Waals surface area contributed by atoms with E-state index in [9.17, 15) is 0 Å². The summed E-state index contributed by atoms with van der Waals surface area (Å²) in [7, 11) is 0. The molecule has 0 aromatic rings. The van der Waals surface area contributed by atoms with Crippen molar-refractivity contribution >= 4 is 0 Å². The summed E-state index contributed by atoms with van der Waals surface area (Å²) >= 11 is 0. The third-order valence-electron chi connectivity index (χ3n) is 5.09. The molecule has 0 aromatic heterocycles. The van der Waals surface area contributed by atoms with Crippen LogP contribution in [0.3, 0.4) is 0 Å². The van der Waals surface area contributed by atoms with Crippen molar-refractivity contribution in [3.63, 3.8) is 0 Å². The van der Waals surface area contributed by atoms with Crippen LogP contribution in [-0.4, -0.2) is 0 Å². The predicted molar refractivity (Wildman–Crippen MR) is 64.3 cm³/mol. The van der Waals surface area contributed by atoms with Gasteiger partial charge in [-0.2, -0.15) is 0 Å². The summed E-state index contributed by atoms with van der Waals surface area (Å²) in [6, 6.07) is 0. The van der Waals surface area contributed by atoms with Crippen molar-refractivity contribution in [3.05, 3.63) is 11.1 Å². The fourth-order valence-corrected chi connectivity index (χ4v) is 2.94. The fourth-order valence-electron chi connectivity index (χ4n) is 2.94. The second kappa shape index (κ2) is 2.87. The zero-order chi connectivity index (χ0) is 11.4. The van der Waals surface area contributed by atoms with E-state index in [0.717, 1.165) is 0 Å². The van der Waals surface area contributed by atoms with E-state index in [1.54, 1.807) is 11.1 Å². The highest BCUT2D eigenvalue weighted by Gasteiger charge is 2.47. The van der Waals surface area contributed by atoms with Gasteiger partial charge < -0.3 is 0 Å². The Morgan fingerprint density at radius 2 is 1.21 bits per heavy atom. The van der Waals surface area contributed by atoms with E-state index in [1.807, 2.05) is 0 Å². The average Bonchev–Trinajstić information content (AvgIpc) is 1.97. The Morgan fingerprint density at radius 1 is 0.786 bits per heavy atom. The van der Waals surface area contributed by atoms with Gasteiger partial charge in [0.05, 0.1) is 0 Å². The molecule has 0 heteroatoms. The highest BCUT2D eigenvalue weighted by Crippen LogP contribution is 2.58. The van der Waals surface area contributed by atoms with Gasteiger partial charge in [-0.15, -0.1) is 0 Å². The molecule has 1 aliphatic rings. The minimum absolute atomic E-state index is 0.340. The van der Waals surface area contributed by atoms with E-state index in [1.165, 1.54) is 6.42 Å². The van der Waals surface area contributed by atoms with E-state index in [0.29, 0.717) is 16.2 Å². The van der Waals surface area contributed by atoms with Crippen molar-refractivity contribution in [2.75, 3.05) is 0 Å². The van der Waals surface area contributed by atoms with Crippen LogP contribution in [0.4, 0.5) is 0 Å². The van der Waals surface area contributed by atoms with Gasteiger partial charge in [-0.1, -0.05) is 52.7 Å². The van der Waals surface area contributed by atoms with Gasteiger partial charge in [-0.05, 0) is 36.5 Å². The summed E-state index contributed by atoms with van der Waals surface area (Å²) in [5, 5.41) is 0. The van der Waals surface area contributed by atoms with Crippen LogP contribution in [0.2, 0.25) is 0 Å². The number of hydrogen-bond acceptors (Lipinski definition) is 0. The lowest BCUT2D eigenvalue weighted by molar-refractivity contribution is 0.0701. The van der Waals surface area contributed by atoms with Gasteiger partial charge in [0.25, 0.3) is 0 Å². The van der Waals surface area contributed by atoms with Crippen molar-refractivity contribution < 1.29 is 0 Å². The van der Waals surface area contributed by atoms with Crippen LogP contribution in [0.25, 0.3) is 0 Å². The number of allylic oxidation sites excluding steroid dienone is 2.